The van der Waals surface area contributed by atoms with Crippen LogP contribution in [-0.2, 0) is 6.42 Å². The molecule has 0 aliphatic rings. The molecule has 0 saturated heterocycles. The van der Waals surface area contributed by atoms with Gasteiger partial charge in [0.2, 0.25) is 5.78 Å². The van der Waals surface area contributed by atoms with Crippen molar-refractivity contribution in [1.82, 2.24) is 19.6 Å². The number of nitrogens with one attached hydrogen (secondary N) is 1. The molecule has 6 nitrogen and oxygen atoms in total. The molecule has 0 amide bonds. The zero-order chi connectivity index (χ0) is 18.1. The summed E-state index contributed by atoms with van der Waals surface area (Å²) in [7, 11) is 0. The van der Waals surface area contributed by atoms with E-state index in [4.69, 9.17) is 0 Å². The first-order valence-electron chi connectivity index (χ1n) is 8.17. The third-order valence-corrected chi connectivity index (χ3v) is 4.49. The largest absolute Gasteiger partial charge is 0.291 e. The zero-order valence-corrected chi connectivity index (χ0v) is 14.1. The molecule has 2 aromatic carbocycles. The van der Waals surface area contributed by atoms with Gasteiger partial charge < -0.3 is 0 Å². The highest BCUT2D eigenvalue weighted by atomic mass is 16.1. The first-order chi connectivity index (χ1) is 12.7. The van der Waals surface area contributed by atoms with Crippen LogP contribution >= 0.6 is 0 Å². The van der Waals surface area contributed by atoms with E-state index in [2.05, 4.69) is 21.1 Å². The molecule has 4 rings (SSSR count). The molecule has 0 spiro atoms. The van der Waals surface area contributed by atoms with E-state index < -0.39 is 0 Å². The highest BCUT2D eigenvalue weighted by molar-refractivity contribution is 5.70. The van der Waals surface area contributed by atoms with E-state index in [1.165, 1.54) is 6.33 Å². The number of nitriles is 1. The summed E-state index contributed by atoms with van der Waals surface area (Å²) in [6.07, 6.45) is 1.92. The van der Waals surface area contributed by atoms with Crippen LogP contribution in [0.2, 0.25) is 0 Å². The number of rotatable bonds is 3. The smallest absolute Gasteiger partial charge is 0.256 e. The van der Waals surface area contributed by atoms with Crippen LogP contribution in [0.25, 0.3) is 16.9 Å². The van der Waals surface area contributed by atoms with Crippen LogP contribution in [-0.4, -0.2) is 19.6 Å². The molecule has 0 fully saturated rings. The fourth-order valence-electron chi connectivity index (χ4n) is 3.09. The lowest BCUT2D eigenvalue weighted by Crippen LogP contribution is -2.19. The van der Waals surface area contributed by atoms with E-state index in [1.54, 1.807) is 10.6 Å². The van der Waals surface area contributed by atoms with Gasteiger partial charge in [0.1, 0.15) is 6.33 Å². The molecule has 126 valence electrons. The number of benzene rings is 2. The lowest BCUT2D eigenvalue weighted by atomic mass is 9.97. The maximum Gasteiger partial charge on any atom is 0.256 e. The van der Waals surface area contributed by atoms with Gasteiger partial charge in [0.05, 0.1) is 17.3 Å². The van der Waals surface area contributed by atoms with Gasteiger partial charge in [-0.1, -0.05) is 42.5 Å². The Morgan fingerprint density at radius 2 is 1.92 bits per heavy atom. The minimum absolute atomic E-state index is 0.151. The van der Waals surface area contributed by atoms with E-state index in [0.29, 0.717) is 23.3 Å². The fraction of sp³-hybridized carbons (Fsp3) is 0.100. The number of fused-ring (bicyclic) bond motifs is 1. The summed E-state index contributed by atoms with van der Waals surface area (Å²) in [5, 5.41) is 13.4. The van der Waals surface area contributed by atoms with Crippen molar-refractivity contribution in [1.29, 1.82) is 5.26 Å². The Morgan fingerprint density at radius 1 is 1.15 bits per heavy atom. The molecule has 26 heavy (non-hydrogen) atoms. The Bertz CT molecular complexity index is 1200. The quantitative estimate of drug-likeness (QED) is 0.621. The van der Waals surface area contributed by atoms with Gasteiger partial charge in [0, 0.05) is 12.0 Å². The summed E-state index contributed by atoms with van der Waals surface area (Å²) >= 11 is 0. The number of hydrogen-bond donors (Lipinski definition) is 1. The SMILES string of the molecule is Cc1c(Cc2ccc(-c3ccccc3C#N)cc2)c(=O)[nH]c2ncnn12. The van der Waals surface area contributed by atoms with Crippen molar-refractivity contribution in [2.75, 3.05) is 0 Å². The third kappa shape index (κ3) is 2.66. The monoisotopic (exact) mass is 341 g/mol. The molecule has 2 heterocycles. The number of aromatic amines is 1. The van der Waals surface area contributed by atoms with Crippen molar-refractivity contribution in [2.24, 2.45) is 0 Å². The summed E-state index contributed by atoms with van der Waals surface area (Å²) in [5.41, 5.74) is 4.82. The van der Waals surface area contributed by atoms with Gasteiger partial charge in [-0.15, -0.1) is 0 Å². The van der Waals surface area contributed by atoms with Crippen molar-refractivity contribution in [3.8, 4) is 17.2 Å². The molecule has 2 aromatic heterocycles. The molecule has 0 atom stereocenters. The second-order valence-electron chi connectivity index (χ2n) is 6.04. The Balaban J connectivity index is 1.69. The average molecular weight is 341 g/mol. The average Bonchev–Trinajstić information content (AvgIpc) is 3.14. The maximum atomic E-state index is 12.4. The number of H-pyrrole nitrogens is 1. The predicted molar refractivity (Wildman–Crippen MR) is 97.7 cm³/mol. The summed E-state index contributed by atoms with van der Waals surface area (Å²) in [6, 6.07) is 17.6. The minimum Gasteiger partial charge on any atom is -0.291 e. The summed E-state index contributed by atoms with van der Waals surface area (Å²) in [5.74, 6) is 0.444. The van der Waals surface area contributed by atoms with Crippen LogP contribution in [0.4, 0.5) is 0 Å². The van der Waals surface area contributed by atoms with Gasteiger partial charge in [-0.25, -0.2) is 4.52 Å². The van der Waals surface area contributed by atoms with Crippen molar-refractivity contribution < 1.29 is 0 Å². The van der Waals surface area contributed by atoms with Crippen molar-refractivity contribution in [3.63, 3.8) is 0 Å². The van der Waals surface area contributed by atoms with Crippen LogP contribution in [0, 0.1) is 18.3 Å². The molecular weight excluding hydrogens is 326 g/mol. The van der Waals surface area contributed by atoms with Gasteiger partial charge in [-0.2, -0.15) is 15.3 Å². The Kier molecular flexibility index (Phi) is 3.82. The normalized spacial score (nSPS) is 10.8. The highest BCUT2D eigenvalue weighted by Crippen LogP contribution is 2.24. The van der Waals surface area contributed by atoms with Crippen molar-refractivity contribution in [3.05, 3.63) is 87.6 Å². The highest BCUT2D eigenvalue weighted by Gasteiger charge is 2.11. The van der Waals surface area contributed by atoms with Gasteiger partial charge in [-0.05, 0) is 29.7 Å². The summed E-state index contributed by atoms with van der Waals surface area (Å²) in [4.78, 5) is 19.1. The van der Waals surface area contributed by atoms with Crippen LogP contribution in [0.1, 0.15) is 22.4 Å². The van der Waals surface area contributed by atoms with Crippen LogP contribution in [0.15, 0.2) is 59.7 Å². The molecule has 0 saturated carbocycles. The molecule has 1 N–H and O–H groups in total. The van der Waals surface area contributed by atoms with Crippen molar-refractivity contribution in [2.45, 2.75) is 13.3 Å². The molecule has 0 bridgehead atoms. The molecular formula is C20H15N5O. The number of aryl methyl sites for hydroxylation is 1. The first kappa shape index (κ1) is 15.8. The lowest BCUT2D eigenvalue weighted by molar-refractivity contribution is 0.856. The second-order valence-corrected chi connectivity index (χ2v) is 6.04. The van der Waals surface area contributed by atoms with E-state index in [-0.39, 0.29) is 5.56 Å². The summed E-state index contributed by atoms with van der Waals surface area (Å²) in [6.45, 7) is 1.86. The van der Waals surface area contributed by atoms with E-state index in [9.17, 15) is 10.1 Å². The second kappa shape index (κ2) is 6.30. The van der Waals surface area contributed by atoms with Crippen LogP contribution in [0.3, 0.4) is 0 Å². The maximum absolute atomic E-state index is 12.4. The molecule has 0 aliphatic carbocycles. The first-order valence-corrected chi connectivity index (χ1v) is 8.17. The molecule has 0 radical (unpaired) electrons. The van der Waals surface area contributed by atoms with E-state index in [1.807, 2.05) is 49.4 Å². The van der Waals surface area contributed by atoms with E-state index in [0.717, 1.165) is 22.4 Å². The topological polar surface area (TPSA) is 86.8 Å². The fourth-order valence-corrected chi connectivity index (χ4v) is 3.09. The lowest BCUT2D eigenvalue weighted by Gasteiger charge is -2.08. The third-order valence-electron chi connectivity index (χ3n) is 4.49. The number of hydrogen-bond acceptors (Lipinski definition) is 4. The van der Waals surface area contributed by atoms with Crippen molar-refractivity contribution >= 4 is 5.78 Å². The Morgan fingerprint density at radius 3 is 2.69 bits per heavy atom. The van der Waals surface area contributed by atoms with Gasteiger partial charge in [0.25, 0.3) is 5.56 Å². The Hall–Kier alpha value is -3.72. The molecule has 6 heteroatoms. The molecule has 0 unspecified atom stereocenters. The summed E-state index contributed by atoms with van der Waals surface area (Å²) < 4.78 is 1.63. The van der Waals surface area contributed by atoms with Crippen LogP contribution in [0.5, 0.6) is 0 Å². The number of aromatic nitrogens is 4. The van der Waals surface area contributed by atoms with Crippen LogP contribution < -0.4 is 5.56 Å². The standard InChI is InChI=1S/C20H15N5O/c1-13-18(19(26)24-20-22-12-23-25(13)20)10-14-6-8-15(9-7-14)17-5-3-2-4-16(17)11-21/h2-9,12H,10H2,1H3,(H,22,23,24,26). The molecule has 4 aromatic rings. The number of nitrogens with zero attached hydrogens (tertiary/aromatic N) is 4. The van der Waals surface area contributed by atoms with Gasteiger partial charge in [0.15, 0.2) is 0 Å². The zero-order valence-electron chi connectivity index (χ0n) is 14.1. The van der Waals surface area contributed by atoms with E-state index >= 15 is 0 Å². The van der Waals surface area contributed by atoms with Gasteiger partial charge in [-0.3, -0.25) is 9.78 Å². The molecule has 0 aliphatic heterocycles. The predicted octanol–water partition coefficient (Wildman–Crippen LogP) is 2.86. The van der Waals surface area contributed by atoms with Gasteiger partial charge >= 0.3 is 0 Å². The Labute approximate surface area is 149 Å². The minimum atomic E-state index is -0.151.